The van der Waals surface area contributed by atoms with Crippen LogP contribution in [0.5, 0.6) is 0 Å². The molecule has 1 aromatic rings. The molecule has 0 aliphatic carbocycles. The molecule has 2 N–H and O–H groups in total. The number of piperidine rings is 1. The molecule has 1 saturated heterocycles. The number of rotatable bonds is 2. The van der Waals surface area contributed by atoms with Gasteiger partial charge in [-0.2, -0.15) is 0 Å². The molecule has 0 spiro atoms. The summed E-state index contributed by atoms with van der Waals surface area (Å²) in [5.74, 6) is 0.125. The van der Waals surface area contributed by atoms with Crippen LogP contribution >= 0.6 is 22.6 Å². The number of hydrogen-bond acceptors (Lipinski definition) is 2. The second kappa shape index (κ2) is 6.22. The van der Waals surface area contributed by atoms with Crippen molar-refractivity contribution in [3.05, 3.63) is 32.9 Å². The van der Waals surface area contributed by atoms with Crippen LogP contribution in [-0.2, 0) is 0 Å². The van der Waals surface area contributed by atoms with Gasteiger partial charge < -0.3 is 10.6 Å². The van der Waals surface area contributed by atoms with Gasteiger partial charge in [-0.1, -0.05) is 6.07 Å². The first-order valence-electron chi connectivity index (χ1n) is 6.83. The fourth-order valence-corrected chi connectivity index (χ4v) is 3.16. The van der Waals surface area contributed by atoms with Crippen LogP contribution in [0, 0.1) is 10.5 Å². The minimum atomic E-state index is 0.0359. The Morgan fingerprint density at radius 1 is 1.47 bits per heavy atom. The molecule has 4 heteroatoms. The van der Waals surface area contributed by atoms with Crippen molar-refractivity contribution in [2.24, 2.45) is 5.73 Å². The SMILES string of the molecule is Cc1ccc(C(=O)N2CCCCC2C(C)N)cc1I. The van der Waals surface area contributed by atoms with Crippen LogP contribution < -0.4 is 5.73 Å². The number of nitrogens with two attached hydrogens (primary N) is 1. The Morgan fingerprint density at radius 2 is 2.21 bits per heavy atom. The van der Waals surface area contributed by atoms with Gasteiger partial charge in [-0.05, 0) is 73.4 Å². The summed E-state index contributed by atoms with van der Waals surface area (Å²) in [5, 5.41) is 0. The Morgan fingerprint density at radius 3 is 2.84 bits per heavy atom. The lowest BCUT2D eigenvalue weighted by Gasteiger charge is -2.38. The van der Waals surface area contributed by atoms with Gasteiger partial charge in [0.25, 0.3) is 5.91 Å². The standard InChI is InChI=1S/C15H21IN2O/c1-10-6-7-12(9-13(10)16)15(19)18-8-4-3-5-14(18)11(2)17/h6-7,9,11,14H,3-5,8,17H2,1-2H3. The van der Waals surface area contributed by atoms with Crippen LogP contribution in [0.1, 0.15) is 42.1 Å². The van der Waals surface area contributed by atoms with E-state index in [-0.39, 0.29) is 18.0 Å². The normalized spacial score (nSPS) is 21.3. The van der Waals surface area contributed by atoms with E-state index in [0.717, 1.165) is 28.5 Å². The second-order valence-corrected chi connectivity index (χ2v) is 6.55. The molecule has 2 rings (SSSR count). The van der Waals surface area contributed by atoms with E-state index in [4.69, 9.17) is 5.73 Å². The summed E-state index contributed by atoms with van der Waals surface area (Å²) in [7, 11) is 0. The van der Waals surface area contributed by atoms with Gasteiger partial charge in [0.05, 0.1) is 0 Å². The Balaban J connectivity index is 2.23. The molecule has 1 aliphatic heterocycles. The number of hydrogen-bond donors (Lipinski definition) is 1. The van der Waals surface area contributed by atoms with E-state index in [1.165, 1.54) is 12.0 Å². The average Bonchev–Trinajstić information content (AvgIpc) is 2.41. The maximum absolute atomic E-state index is 12.6. The monoisotopic (exact) mass is 372 g/mol. The highest BCUT2D eigenvalue weighted by Crippen LogP contribution is 2.22. The zero-order valence-corrected chi connectivity index (χ0v) is 13.7. The lowest BCUT2D eigenvalue weighted by atomic mass is 9.96. The highest BCUT2D eigenvalue weighted by atomic mass is 127. The van der Waals surface area contributed by atoms with Crippen LogP contribution in [0.2, 0.25) is 0 Å². The topological polar surface area (TPSA) is 46.3 Å². The van der Waals surface area contributed by atoms with Gasteiger partial charge in [0, 0.05) is 27.8 Å². The lowest BCUT2D eigenvalue weighted by Crippen LogP contribution is -2.51. The number of amides is 1. The van der Waals surface area contributed by atoms with Crippen LogP contribution in [0.4, 0.5) is 0 Å². The smallest absolute Gasteiger partial charge is 0.254 e. The number of nitrogens with zero attached hydrogens (tertiary/aromatic N) is 1. The molecule has 0 bridgehead atoms. The zero-order valence-electron chi connectivity index (χ0n) is 11.5. The summed E-state index contributed by atoms with van der Waals surface area (Å²) in [6.07, 6.45) is 3.27. The van der Waals surface area contributed by atoms with Gasteiger partial charge >= 0.3 is 0 Å². The predicted molar refractivity (Wildman–Crippen MR) is 86.2 cm³/mol. The zero-order chi connectivity index (χ0) is 14.0. The van der Waals surface area contributed by atoms with E-state index < -0.39 is 0 Å². The first-order chi connectivity index (χ1) is 9.00. The molecular formula is C15H21IN2O. The number of aryl methyl sites for hydroxylation is 1. The van der Waals surface area contributed by atoms with Gasteiger partial charge in [0.2, 0.25) is 0 Å². The molecule has 2 atom stereocenters. The van der Waals surface area contributed by atoms with Gasteiger partial charge in [-0.15, -0.1) is 0 Å². The molecule has 0 saturated carbocycles. The number of carbonyl (C=O) groups is 1. The third-order valence-electron chi connectivity index (χ3n) is 3.84. The Bertz CT molecular complexity index is 473. The minimum absolute atomic E-state index is 0.0359. The summed E-state index contributed by atoms with van der Waals surface area (Å²) >= 11 is 2.28. The lowest BCUT2D eigenvalue weighted by molar-refractivity contribution is 0.0583. The van der Waals surface area contributed by atoms with Gasteiger partial charge in [-0.3, -0.25) is 4.79 Å². The summed E-state index contributed by atoms with van der Waals surface area (Å²) in [6.45, 7) is 4.88. The average molecular weight is 372 g/mol. The molecule has 1 aromatic carbocycles. The molecule has 1 amide bonds. The largest absolute Gasteiger partial charge is 0.334 e. The third kappa shape index (κ3) is 3.28. The number of halogens is 1. The molecule has 1 heterocycles. The Kier molecular flexibility index (Phi) is 4.84. The highest BCUT2D eigenvalue weighted by molar-refractivity contribution is 14.1. The molecule has 3 nitrogen and oxygen atoms in total. The van der Waals surface area contributed by atoms with E-state index in [1.807, 2.05) is 30.0 Å². The van der Waals surface area contributed by atoms with Crippen molar-refractivity contribution in [1.29, 1.82) is 0 Å². The fraction of sp³-hybridized carbons (Fsp3) is 0.533. The quantitative estimate of drug-likeness (QED) is 0.812. The van der Waals surface area contributed by atoms with E-state index >= 15 is 0 Å². The molecule has 1 fully saturated rings. The van der Waals surface area contributed by atoms with Gasteiger partial charge in [0.1, 0.15) is 0 Å². The molecular weight excluding hydrogens is 351 g/mol. The fourth-order valence-electron chi connectivity index (χ4n) is 2.65. The van der Waals surface area contributed by atoms with Crippen molar-refractivity contribution in [1.82, 2.24) is 4.90 Å². The summed E-state index contributed by atoms with van der Waals surface area (Å²) in [5.41, 5.74) is 8.02. The summed E-state index contributed by atoms with van der Waals surface area (Å²) in [4.78, 5) is 14.6. The molecule has 104 valence electrons. The first kappa shape index (κ1) is 14.8. The van der Waals surface area contributed by atoms with E-state index in [0.29, 0.717) is 0 Å². The van der Waals surface area contributed by atoms with E-state index in [9.17, 15) is 4.79 Å². The van der Waals surface area contributed by atoms with E-state index in [2.05, 4.69) is 29.5 Å². The van der Waals surface area contributed by atoms with Crippen molar-refractivity contribution in [3.8, 4) is 0 Å². The summed E-state index contributed by atoms with van der Waals surface area (Å²) in [6, 6.07) is 6.13. The van der Waals surface area contributed by atoms with Crippen molar-refractivity contribution < 1.29 is 4.79 Å². The predicted octanol–water partition coefficient (Wildman–Crippen LogP) is 2.94. The molecule has 1 aliphatic rings. The second-order valence-electron chi connectivity index (χ2n) is 5.38. The number of benzene rings is 1. The highest BCUT2D eigenvalue weighted by Gasteiger charge is 2.29. The molecule has 19 heavy (non-hydrogen) atoms. The van der Waals surface area contributed by atoms with Crippen LogP contribution in [-0.4, -0.2) is 29.4 Å². The Hall–Kier alpha value is -0.620. The van der Waals surface area contributed by atoms with Crippen LogP contribution in [0.25, 0.3) is 0 Å². The summed E-state index contributed by atoms with van der Waals surface area (Å²) < 4.78 is 1.14. The first-order valence-corrected chi connectivity index (χ1v) is 7.91. The molecule has 0 aromatic heterocycles. The maximum atomic E-state index is 12.6. The third-order valence-corrected chi connectivity index (χ3v) is 5.00. The van der Waals surface area contributed by atoms with Crippen LogP contribution in [0.3, 0.4) is 0 Å². The number of likely N-dealkylation sites (tertiary alicyclic amines) is 1. The van der Waals surface area contributed by atoms with Crippen molar-refractivity contribution in [2.45, 2.75) is 45.2 Å². The minimum Gasteiger partial charge on any atom is -0.334 e. The van der Waals surface area contributed by atoms with Crippen molar-refractivity contribution in [2.75, 3.05) is 6.54 Å². The van der Waals surface area contributed by atoms with Gasteiger partial charge in [-0.25, -0.2) is 0 Å². The Labute approximate surface area is 128 Å². The van der Waals surface area contributed by atoms with Crippen molar-refractivity contribution >= 4 is 28.5 Å². The van der Waals surface area contributed by atoms with E-state index in [1.54, 1.807) is 0 Å². The van der Waals surface area contributed by atoms with Crippen LogP contribution in [0.15, 0.2) is 18.2 Å². The number of carbonyl (C=O) groups excluding carboxylic acids is 1. The molecule has 2 unspecified atom stereocenters. The van der Waals surface area contributed by atoms with Gasteiger partial charge in [0.15, 0.2) is 0 Å². The maximum Gasteiger partial charge on any atom is 0.254 e. The molecule has 0 radical (unpaired) electrons. The van der Waals surface area contributed by atoms with Crippen molar-refractivity contribution in [3.63, 3.8) is 0 Å².